The van der Waals surface area contributed by atoms with Gasteiger partial charge in [0, 0.05) is 6.54 Å². The summed E-state index contributed by atoms with van der Waals surface area (Å²) in [6.07, 6.45) is 1.87. The number of rotatable bonds is 4. The molecule has 1 aromatic carbocycles. The van der Waals surface area contributed by atoms with Gasteiger partial charge in [-0.1, -0.05) is 6.07 Å². The quantitative estimate of drug-likeness (QED) is 0.873. The highest BCUT2D eigenvalue weighted by Crippen LogP contribution is 2.32. The van der Waals surface area contributed by atoms with Gasteiger partial charge in [-0.3, -0.25) is 4.79 Å². The summed E-state index contributed by atoms with van der Waals surface area (Å²) in [4.78, 5) is 11.6. The molecule has 0 spiro atoms. The van der Waals surface area contributed by atoms with E-state index in [0.717, 1.165) is 24.8 Å². The van der Waals surface area contributed by atoms with Gasteiger partial charge in [-0.2, -0.15) is 0 Å². The molecular formula is C15H21NO3. The zero-order valence-electron chi connectivity index (χ0n) is 11.5. The van der Waals surface area contributed by atoms with Crippen LogP contribution in [0.25, 0.3) is 0 Å². The topological polar surface area (TPSA) is 58.6 Å². The lowest BCUT2D eigenvalue weighted by Crippen LogP contribution is -2.36. The molecule has 0 aromatic heterocycles. The van der Waals surface area contributed by atoms with Gasteiger partial charge in [0.05, 0.1) is 6.10 Å². The van der Waals surface area contributed by atoms with E-state index in [2.05, 4.69) is 5.32 Å². The van der Waals surface area contributed by atoms with Gasteiger partial charge in [-0.15, -0.1) is 0 Å². The van der Waals surface area contributed by atoms with Crippen LogP contribution in [0.5, 0.6) is 5.75 Å². The van der Waals surface area contributed by atoms with Crippen molar-refractivity contribution in [3.8, 4) is 5.75 Å². The van der Waals surface area contributed by atoms with Gasteiger partial charge in [-0.05, 0) is 56.4 Å². The zero-order chi connectivity index (χ0) is 13.8. The minimum atomic E-state index is -0.529. The Morgan fingerprint density at radius 2 is 2.37 bits per heavy atom. The van der Waals surface area contributed by atoms with Gasteiger partial charge < -0.3 is 15.2 Å². The number of hydrogen-bond donors (Lipinski definition) is 2. The molecule has 0 aliphatic heterocycles. The molecule has 1 aliphatic rings. The largest absolute Gasteiger partial charge is 0.481 e. The molecule has 4 heteroatoms. The lowest BCUT2D eigenvalue weighted by molar-refractivity contribution is -0.127. The first kappa shape index (κ1) is 13.9. The van der Waals surface area contributed by atoms with Crippen LogP contribution in [0.1, 0.15) is 43.9 Å². The number of aryl methyl sites for hydroxylation is 1. The Labute approximate surface area is 113 Å². The SMILES string of the molecule is CCNC(=O)C(C)Oc1ccc2c(c1)[C@H](O)CCC2. The molecule has 0 radical (unpaired) electrons. The highest BCUT2D eigenvalue weighted by Gasteiger charge is 2.20. The molecule has 4 nitrogen and oxygen atoms in total. The van der Waals surface area contributed by atoms with E-state index in [-0.39, 0.29) is 5.91 Å². The Morgan fingerprint density at radius 1 is 1.58 bits per heavy atom. The molecular weight excluding hydrogens is 242 g/mol. The Bertz CT molecular complexity index is 459. The Kier molecular flexibility index (Phi) is 4.43. The summed E-state index contributed by atoms with van der Waals surface area (Å²) in [5.41, 5.74) is 2.11. The predicted octanol–water partition coefficient (Wildman–Crippen LogP) is 1.96. The maximum absolute atomic E-state index is 11.6. The normalized spacial score (nSPS) is 19.4. The van der Waals surface area contributed by atoms with Crippen LogP contribution in [0, 0.1) is 0 Å². The Hall–Kier alpha value is -1.55. The predicted molar refractivity (Wildman–Crippen MR) is 73.1 cm³/mol. The second kappa shape index (κ2) is 6.06. The van der Waals surface area contributed by atoms with Crippen molar-refractivity contribution in [3.63, 3.8) is 0 Å². The first-order chi connectivity index (χ1) is 9.11. The molecule has 0 saturated carbocycles. The van der Waals surface area contributed by atoms with E-state index >= 15 is 0 Å². The van der Waals surface area contributed by atoms with Crippen LogP contribution in [-0.4, -0.2) is 23.7 Å². The number of amides is 1. The monoisotopic (exact) mass is 263 g/mol. The molecule has 2 atom stereocenters. The fourth-order valence-electron chi connectivity index (χ4n) is 2.40. The van der Waals surface area contributed by atoms with E-state index < -0.39 is 12.2 Å². The van der Waals surface area contributed by atoms with Crippen molar-refractivity contribution in [2.45, 2.75) is 45.3 Å². The number of nitrogens with one attached hydrogen (secondary N) is 1. The number of carbonyl (C=O) groups is 1. The summed E-state index contributed by atoms with van der Waals surface area (Å²) < 4.78 is 5.62. The fourth-order valence-corrected chi connectivity index (χ4v) is 2.40. The van der Waals surface area contributed by atoms with Crippen LogP contribution >= 0.6 is 0 Å². The van der Waals surface area contributed by atoms with E-state index in [1.54, 1.807) is 6.92 Å². The Morgan fingerprint density at radius 3 is 3.11 bits per heavy atom. The van der Waals surface area contributed by atoms with Gasteiger partial charge >= 0.3 is 0 Å². The van der Waals surface area contributed by atoms with Gasteiger partial charge in [-0.25, -0.2) is 0 Å². The highest BCUT2D eigenvalue weighted by atomic mass is 16.5. The molecule has 19 heavy (non-hydrogen) atoms. The average molecular weight is 263 g/mol. The van der Waals surface area contributed by atoms with Crippen LogP contribution in [0.2, 0.25) is 0 Å². The summed E-state index contributed by atoms with van der Waals surface area (Å²) in [7, 11) is 0. The smallest absolute Gasteiger partial charge is 0.260 e. The standard InChI is InChI=1S/C15H21NO3/c1-3-16-15(18)10(2)19-12-8-7-11-5-4-6-14(17)13(11)9-12/h7-10,14,17H,3-6H2,1-2H3,(H,16,18)/t10?,14-/m1/s1. The summed E-state index contributed by atoms with van der Waals surface area (Å²) in [6, 6.07) is 5.71. The van der Waals surface area contributed by atoms with Crippen LogP contribution < -0.4 is 10.1 Å². The van der Waals surface area contributed by atoms with Crippen molar-refractivity contribution in [3.05, 3.63) is 29.3 Å². The van der Waals surface area contributed by atoms with Crippen LogP contribution in [0.15, 0.2) is 18.2 Å². The van der Waals surface area contributed by atoms with Gasteiger partial charge in [0.2, 0.25) is 0 Å². The molecule has 1 aliphatic carbocycles. The first-order valence-electron chi connectivity index (χ1n) is 6.87. The minimum absolute atomic E-state index is 0.124. The number of likely N-dealkylation sites (N-methyl/N-ethyl adjacent to an activating group) is 1. The Balaban J connectivity index is 2.09. The number of benzene rings is 1. The van der Waals surface area contributed by atoms with E-state index in [9.17, 15) is 9.90 Å². The van der Waals surface area contributed by atoms with Crippen LogP contribution in [-0.2, 0) is 11.2 Å². The maximum Gasteiger partial charge on any atom is 0.260 e. The van der Waals surface area contributed by atoms with Gasteiger partial charge in [0.15, 0.2) is 6.10 Å². The van der Waals surface area contributed by atoms with Gasteiger partial charge in [0.1, 0.15) is 5.75 Å². The molecule has 104 valence electrons. The molecule has 0 saturated heterocycles. The maximum atomic E-state index is 11.6. The molecule has 0 fully saturated rings. The summed E-state index contributed by atoms with van der Waals surface area (Å²) in [5, 5.41) is 12.7. The third-order valence-electron chi connectivity index (χ3n) is 3.43. The minimum Gasteiger partial charge on any atom is -0.481 e. The number of fused-ring (bicyclic) bond motifs is 1. The van der Waals surface area contributed by atoms with Crippen LogP contribution in [0.3, 0.4) is 0 Å². The summed E-state index contributed by atoms with van der Waals surface area (Å²) in [6.45, 7) is 4.19. The third-order valence-corrected chi connectivity index (χ3v) is 3.43. The number of carbonyl (C=O) groups excluding carboxylic acids is 1. The van der Waals surface area contributed by atoms with E-state index in [1.165, 1.54) is 5.56 Å². The summed E-state index contributed by atoms with van der Waals surface area (Å²) in [5.74, 6) is 0.513. The highest BCUT2D eigenvalue weighted by molar-refractivity contribution is 5.80. The van der Waals surface area contributed by atoms with Crippen molar-refractivity contribution < 1.29 is 14.6 Å². The van der Waals surface area contributed by atoms with Crippen molar-refractivity contribution in [2.24, 2.45) is 0 Å². The number of ether oxygens (including phenoxy) is 1. The fraction of sp³-hybridized carbons (Fsp3) is 0.533. The van der Waals surface area contributed by atoms with Crippen molar-refractivity contribution >= 4 is 5.91 Å². The second-order valence-corrected chi connectivity index (χ2v) is 4.92. The molecule has 0 heterocycles. The molecule has 1 amide bonds. The lowest BCUT2D eigenvalue weighted by atomic mass is 9.89. The third kappa shape index (κ3) is 3.26. The molecule has 2 rings (SSSR count). The molecule has 2 N–H and O–H groups in total. The first-order valence-corrected chi connectivity index (χ1v) is 6.87. The molecule has 0 bridgehead atoms. The average Bonchev–Trinajstić information content (AvgIpc) is 2.40. The van der Waals surface area contributed by atoms with Crippen molar-refractivity contribution in [2.75, 3.05) is 6.54 Å². The van der Waals surface area contributed by atoms with Crippen LogP contribution in [0.4, 0.5) is 0 Å². The lowest BCUT2D eigenvalue weighted by Gasteiger charge is -2.22. The van der Waals surface area contributed by atoms with E-state index in [0.29, 0.717) is 12.3 Å². The zero-order valence-corrected chi connectivity index (χ0v) is 11.5. The van der Waals surface area contributed by atoms with Gasteiger partial charge in [0.25, 0.3) is 5.91 Å². The summed E-state index contributed by atoms with van der Waals surface area (Å²) >= 11 is 0. The van der Waals surface area contributed by atoms with E-state index in [4.69, 9.17) is 4.74 Å². The second-order valence-electron chi connectivity index (χ2n) is 4.92. The number of aliphatic hydroxyl groups excluding tert-OH is 1. The number of hydrogen-bond acceptors (Lipinski definition) is 3. The van der Waals surface area contributed by atoms with Crippen molar-refractivity contribution in [1.82, 2.24) is 5.32 Å². The van der Waals surface area contributed by atoms with E-state index in [1.807, 2.05) is 25.1 Å². The molecule has 1 unspecified atom stereocenters. The molecule has 1 aromatic rings. The van der Waals surface area contributed by atoms with Crippen molar-refractivity contribution in [1.29, 1.82) is 0 Å². The number of aliphatic hydroxyl groups is 1.